The van der Waals surface area contributed by atoms with E-state index in [4.69, 9.17) is 4.74 Å². The van der Waals surface area contributed by atoms with Crippen LogP contribution >= 0.6 is 0 Å². The molecule has 2 aromatic carbocycles. The van der Waals surface area contributed by atoms with Gasteiger partial charge in [-0.2, -0.15) is 22.0 Å². The first kappa shape index (κ1) is 15.5. The van der Waals surface area contributed by atoms with Gasteiger partial charge in [-0.1, -0.05) is 18.2 Å². The third-order valence-electron chi connectivity index (χ3n) is 3.11. The second-order valence-corrected chi connectivity index (χ2v) is 4.50. The average Bonchev–Trinajstić information content (AvgIpc) is 2.44. The van der Waals surface area contributed by atoms with Crippen LogP contribution in [0, 0.1) is 0 Å². The van der Waals surface area contributed by atoms with Gasteiger partial charge in [-0.3, -0.25) is 0 Å². The molecule has 2 aromatic rings. The fourth-order valence-electron chi connectivity index (χ4n) is 1.90. The van der Waals surface area contributed by atoms with E-state index in [0.717, 1.165) is 12.1 Å². The molecule has 0 bridgehead atoms. The molecule has 0 fully saturated rings. The molecule has 2 nitrogen and oxygen atoms in total. The second-order valence-electron chi connectivity index (χ2n) is 4.50. The minimum atomic E-state index is -5.82. The number of fused-ring (bicyclic) bond motifs is 1. The average molecular weight is 306 g/mol. The zero-order chi connectivity index (χ0) is 15.8. The highest BCUT2D eigenvalue weighted by molar-refractivity contribution is 5.84. The normalized spacial score (nSPS) is 14.2. The van der Waals surface area contributed by atoms with Gasteiger partial charge in [0.25, 0.3) is 0 Å². The van der Waals surface area contributed by atoms with Gasteiger partial charge in [0.2, 0.25) is 0 Å². The Balaban J connectivity index is 2.43. The van der Waals surface area contributed by atoms with Crippen molar-refractivity contribution >= 4 is 10.8 Å². The summed E-state index contributed by atoms with van der Waals surface area (Å²) in [5.74, 6) is -4.69. The van der Waals surface area contributed by atoms with E-state index >= 15 is 0 Å². The first-order valence-corrected chi connectivity index (χ1v) is 5.87. The van der Waals surface area contributed by atoms with Crippen molar-refractivity contribution in [3.63, 3.8) is 0 Å². The summed E-state index contributed by atoms with van der Waals surface area (Å²) in [6, 6.07) is 8.14. The maximum absolute atomic E-state index is 13.1. The van der Waals surface area contributed by atoms with Crippen molar-refractivity contribution in [3.8, 4) is 5.75 Å². The summed E-state index contributed by atoms with van der Waals surface area (Å²) >= 11 is 0. The number of aliphatic hydroxyl groups excluding tert-OH is 1. The number of methoxy groups -OCH3 is 1. The minimum Gasteiger partial charge on any atom is -0.497 e. The van der Waals surface area contributed by atoms with E-state index < -0.39 is 23.8 Å². The Morgan fingerprint density at radius 1 is 0.952 bits per heavy atom. The molecule has 0 aromatic heterocycles. The van der Waals surface area contributed by atoms with Crippen molar-refractivity contribution in [3.05, 3.63) is 42.0 Å². The summed E-state index contributed by atoms with van der Waals surface area (Å²) in [5, 5.41) is 10.4. The molecule has 0 heterocycles. The molecule has 21 heavy (non-hydrogen) atoms. The van der Waals surface area contributed by atoms with Crippen LogP contribution in [0.2, 0.25) is 0 Å². The Bertz CT molecular complexity index is 651. The van der Waals surface area contributed by atoms with Crippen molar-refractivity contribution in [1.82, 2.24) is 0 Å². The fraction of sp³-hybridized carbons (Fsp3) is 0.286. The summed E-state index contributed by atoms with van der Waals surface area (Å²) < 4.78 is 68.0. The lowest BCUT2D eigenvalue weighted by Gasteiger charge is -2.25. The van der Waals surface area contributed by atoms with Crippen LogP contribution in [0.1, 0.15) is 11.7 Å². The van der Waals surface area contributed by atoms with E-state index in [1.807, 2.05) is 0 Å². The Kier molecular flexibility index (Phi) is 3.79. The number of halogens is 5. The molecule has 7 heteroatoms. The zero-order valence-electron chi connectivity index (χ0n) is 10.8. The molecular weight excluding hydrogens is 295 g/mol. The van der Waals surface area contributed by atoms with Gasteiger partial charge in [-0.15, -0.1) is 0 Å². The van der Waals surface area contributed by atoms with Gasteiger partial charge in [0, 0.05) is 0 Å². The molecule has 114 valence electrons. The van der Waals surface area contributed by atoms with Crippen molar-refractivity contribution in [2.75, 3.05) is 7.11 Å². The number of ether oxygens (including phenoxy) is 1. The Hall–Kier alpha value is -1.89. The first-order valence-electron chi connectivity index (χ1n) is 5.87. The SMILES string of the molecule is COc1ccc2cc(C(O)C(F)(F)C(F)(F)F)ccc2c1. The van der Waals surface area contributed by atoms with E-state index in [1.165, 1.54) is 19.2 Å². The maximum atomic E-state index is 13.1. The number of aliphatic hydroxyl groups is 1. The largest absolute Gasteiger partial charge is 0.497 e. The van der Waals surface area contributed by atoms with E-state index in [0.29, 0.717) is 16.5 Å². The van der Waals surface area contributed by atoms with E-state index in [-0.39, 0.29) is 0 Å². The van der Waals surface area contributed by atoms with Gasteiger partial charge < -0.3 is 9.84 Å². The van der Waals surface area contributed by atoms with Crippen LogP contribution in [-0.2, 0) is 0 Å². The molecule has 0 aliphatic carbocycles. The number of hydrogen-bond acceptors (Lipinski definition) is 2. The van der Waals surface area contributed by atoms with Gasteiger partial charge >= 0.3 is 12.1 Å². The highest BCUT2D eigenvalue weighted by Gasteiger charge is 2.62. The van der Waals surface area contributed by atoms with E-state index in [1.54, 1.807) is 12.1 Å². The molecule has 0 aliphatic rings. The molecule has 0 spiro atoms. The number of hydrogen-bond donors (Lipinski definition) is 1. The standard InChI is InChI=1S/C14H11F5O2/c1-21-11-5-4-8-6-10(3-2-9(8)7-11)12(20)13(15,16)14(17,18)19/h2-7,12,20H,1H3. The third-order valence-corrected chi connectivity index (χ3v) is 3.11. The molecule has 0 saturated carbocycles. The monoisotopic (exact) mass is 306 g/mol. The van der Waals surface area contributed by atoms with E-state index in [2.05, 4.69) is 0 Å². The van der Waals surface area contributed by atoms with Gasteiger partial charge in [0.05, 0.1) is 7.11 Å². The summed E-state index contributed by atoms with van der Waals surface area (Å²) in [5.41, 5.74) is -0.505. The molecule has 1 unspecified atom stereocenters. The van der Waals surface area contributed by atoms with E-state index in [9.17, 15) is 27.1 Å². The van der Waals surface area contributed by atoms with Crippen LogP contribution in [-0.4, -0.2) is 24.3 Å². The molecular formula is C14H11F5O2. The van der Waals surface area contributed by atoms with Crippen LogP contribution in [0.15, 0.2) is 36.4 Å². The summed E-state index contributed by atoms with van der Waals surface area (Å²) in [6.07, 6.45) is -8.77. The lowest BCUT2D eigenvalue weighted by Crippen LogP contribution is -2.42. The van der Waals surface area contributed by atoms with Gasteiger partial charge in [0.1, 0.15) is 5.75 Å². The Morgan fingerprint density at radius 2 is 1.52 bits per heavy atom. The van der Waals surface area contributed by atoms with Gasteiger partial charge in [0.15, 0.2) is 6.10 Å². The molecule has 0 radical (unpaired) electrons. The summed E-state index contributed by atoms with van der Waals surface area (Å²) in [6.45, 7) is 0. The lowest BCUT2D eigenvalue weighted by molar-refractivity contribution is -0.315. The third kappa shape index (κ3) is 2.78. The predicted octanol–water partition coefficient (Wildman–Crippen LogP) is 4.08. The van der Waals surface area contributed by atoms with Crippen molar-refractivity contribution in [2.45, 2.75) is 18.2 Å². The number of alkyl halides is 5. The molecule has 1 N–H and O–H groups in total. The van der Waals surface area contributed by atoms with Crippen molar-refractivity contribution in [1.29, 1.82) is 0 Å². The predicted molar refractivity (Wildman–Crippen MR) is 66.5 cm³/mol. The first-order chi connectivity index (χ1) is 9.66. The molecule has 0 amide bonds. The second kappa shape index (κ2) is 5.14. The Morgan fingerprint density at radius 3 is 2.10 bits per heavy atom. The fourth-order valence-corrected chi connectivity index (χ4v) is 1.90. The number of benzene rings is 2. The van der Waals surface area contributed by atoms with Crippen LogP contribution in [0.4, 0.5) is 22.0 Å². The van der Waals surface area contributed by atoms with Gasteiger partial charge in [-0.05, 0) is 34.5 Å². The molecule has 1 atom stereocenters. The van der Waals surface area contributed by atoms with Crippen LogP contribution < -0.4 is 4.74 Å². The molecule has 0 aliphatic heterocycles. The topological polar surface area (TPSA) is 29.5 Å². The van der Waals surface area contributed by atoms with Gasteiger partial charge in [-0.25, -0.2) is 0 Å². The molecule has 2 rings (SSSR count). The minimum absolute atomic E-state index is 0.422. The van der Waals surface area contributed by atoms with Crippen molar-refractivity contribution in [2.24, 2.45) is 0 Å². The quantitative estimate of drug-likeness (QED) is 0.866. The van der Waals surface area contributed by atoms with Crippen molar-refractivity contribution < 1.29 is 31.8 Å². The highest BCUT2D eigenvalue weighted by Crippen LogP contribution is 2.44. The lowest BCUT2D eigenvalue weighted by atomic mass is 9.99. The Labute approximate surface area is 116 Å². The van der Waals surface area contributed by atoms with Crippen LogP contribution in [0.5, 0.6) is 5.75 Å². The maximum Gasteiger partial charge on any atom is 0.456 e. The summed E-state index contributed by atoms with van der Waals surface area (Å²) in [4.78, 5) is 0. The smallest absolute Gasteiger partial charge is 0.456 e. The summed E-state index contributed by atoms with van der Waals surface area (Å²) in [7, 11) is 1.45. The number of rotatable bonds is 3. The van der Waals surface area contributed by atoms with Crippen LogP contribution in [0.3, 0.4) is 0 Å². The zero-order valence-corrected chi connectivity index (χ0v) is 10.8. The highest BCUT2D eigenvalue weighted by atomic mass is 19.4. The van der Waals surface area contributed by atoms with Crippen LogP contribution in [0.25, 0.3) is 10.8 Å². The molecule has 0 saturated heterocycles.